The molecule has 0 radical (unpaired) electrons. The van der Waals surface area contributed by atoms with Crippen molar-refractivity contribution in [3.05, 3.63) is 77.7 Å². The van der Waals surface area contributed by atoms with E-state index >= 15 is 0 Å². The molecule has 31 heavy (non-hydrogen) atoms. The molecule has 0 unspecified atom stereocenters. The molecule has 0 heterocycles. The number of hydrogen-bond donors (Lipinski definition) is 0. The van der Waals surface area contributed by atoms with Gasteiger partial charge in [0.1, 0.15) is 0 Å². The van der Waals surface area contributed by atoms with E-state index in [9.17, 15) is 10.2 Å². The summed E-state index contributed by atoms with van der Waals surface area (Å²) in [5, 5.41) is 25.2. The van der Waals surface area contributed by atoms with E-state index in [0.29, 0.717) is 0 Å². The Balaban J connectivity index is 0.00000341. The summed E-state index contributed by atoms with van der Waals surface area (Å²) in [4.78, 5) is 8.52. The van der Waals surface area contributed by atoms with Crippen LogP contribution in [0.4, 0.5) is 11.4 Å². The molecule has 3 aromatic rings. The zero-order valence-electron chi connectivity index (χ0n) is 15.3. The molecular weight excluding hydrogens is 578 g/mol. The van der Waals surface area contributed by atoms with Crippen molar-refractivity contribution in [1.29, 1.82) is 0 Å². The van der Waals surface area contributed by atoms with Gasteiger partial charge in [0.15, 0.2) is 0 Å². The molecule has 0 bridgehead atoms. The minimum atomic E-state index is -0.431. The molecule has 0 atom stereocenters. The maximum absolute atomic E-state index is 12.1. The summed E-state index contributed by atoms with van der Waals surface area (Å²) in [5.74, 6) is -0.862. The number of halogens is 6. The molecule has 0 aliphatic rings. The number of rotatable bonds is 4. The summed E-state index contributed by atoms with van der Waals surface area (Å²) < 4.78 is 0. The van der Waals surface area contributed by atoms with Crippen LogP contribution in [-0.4, -0.2) is 12.4 Å². The van der Waals surface area contributed by atoms with Gasteiger partial charge in [0.25, 0.3) is 0 Å². The first-order valence-corrected chi connectivity index (χ1v) is 10.3. The molecule has 0 spiro atoms. The van der Waals surface area contributed by atoms with Crippen molar-refractivity contribution in [2.75, 3.05) is 0 Å². The Morgan fingerprint density at radius 1 is 0.548 bits per heavy atom. The maximum atomic E-state index is 12.1. The molecule has 0 saturated carbocycles. The Bertz CT molecular complexity index is 1110. The predicted molar refractivity (Wildman–Crippen MR) is 123 cm³/mol. The van der Waals surface area contributed by atoms with E-state index in [0.717, 1.165) is 0 Å². The fourth-order valence-electron chi connectivity index (χ4n) is 2.36. The quantitative estimate of drug-likeness (QED) is 0.239. The second-order valence-corrected chi connectivity index (χ2v) is 8.39. The van der Waals surface area contributed by atoms with Crippen LogP contribution in [0.25, 0.3) is 0 Å². The van der Waals surface area contributed by atoms with Crippen LogP contribution >= 0.6 is 69.6 Å². The molecule has 3 aromatic carbocycles. The maximum Gasteiger partial charge on any atom is 2.00 e. The van der Waals surface area contributed by atoms with Crippen LogP contribution in [0.5, 0.6) is 11.5 Å². The Kier molecular flexibility index (Phi) is 9.47. The fourth-order valence-corrected chi connectivity index (χ4v) is 3.70. The van der Waals surface area contributed by atoms with Gasteiger partial charge >= 0.3 is 19.5 Å². The van der Waals surface area contributed by atoms with Crippen LogP contribution in [0.15, 0.2) is 46.4 Å². The van der Waals surface area contributed by atoms with E-state index in [-0.39, 0.29) is 72.1 Å². The van der Waals surface area contributed by atoms with Crippen LogP contribution in [-0.2, 0) is 19.5 Å². The van der Waals surface area contributed by atoms with Gasteiger partial charge in [-0.1, -0.05) is 81.1 Å². The third-order valence-corrected chi connectivity index (χ3v) is 5.50. The molecule has 0 N–H and O–H groups in total. The number of hydrogen-bond acceptors (Lipinski definition) is 4. The van der Waals surface area contributed by atoms with Crippen molar-refractivity contribution in [3.8, 4) is 11.5 Å². The van der Waals surface area contributed by atoms with Crippen LogP contribution in [0.2, 0.25) is 30.1 Å². The third kappa shape index (κ3) is 6.49. The molecule has 154 valence electrons. The van der Waals surface area contributed by atoms with Crippen molar-refractivity contribution in [1.82, 2.24) is 0 Å². The van der Waals surface area contributed by atoms with Crippen molar-refractivity contribution in [2.24, 2.45) is 9.98 Å². The van der Waals surface area contributed by atoms with Crippen molar-refractivity contribution in [3.63, 3.8) is 0 Å². The molecular formula is C20H8Cl6N2O2Zn. The van der Waals surface area contributed by atoms with E-state index in [1.54, 1.807) is 0 Å². The summed E-state index contributed by atoms with van der Waals surface area (Å²) in [6.07, 6.45) is 2.57. The predicted octanol–water partition coefficient (Wildman–Crippen LogP) is 7.25. The SMILES string of the molecule is [O-]c1c(Cl)cc(Cl)cc1C=Nc1cc(Cl)c(Cl)cc1N=Cc1cc(Cl)cc(Cl)c1[O-].[Zn+2]. The molecule has 4 nitrogen and oxygen atoms in total. The van der Waals surface area contributed by atoms with Gasteiger partial charge in [0.05, 0.1) is 21.4 Å². The molecule has 0 aliphatic heterocycles. The van der Waals surface area contributed by atoms with Gasteiger partial charge in [-0.2, -0.15) is 0 Å². The molecule has 0 aromatic heterocycles. The molecule has 11 heteroatoms. The summed E-state index contributed by atoms with van der Waals surface area (Å²) in [5.41, 5.74) is 0.933. The van der Waals surface area contributed by atoms with Crippen molar-refractivity contribution < 1.29 is 29.7 Å². The van der Waals surface area contributed by atoms with E-state index in [1.165, 1.54) is 48.8 Å². The first-order valence-electron chi connectivity index (χ1n) is 8.05. The first-order chi connectivity index (χ1) is 14.2. The second-order valence-electron chi connectivity index (χ2n) is 5.88. The monoisotopic (exact) mass is 582 g/mol. The summed E-state index contributed by atoms with van der Waals surface area (Å²) >= 11 is 35.8. The summed E-state index contributed by atoms with van der Waals surface area (Å²) in [6, 6.07) is 8.47. The fraction of sp³-hybridized carbons (Fsp3) is 0. The van der Waals surface area contributed by atoms with Gasteiger partial charge in [0, 0.05) is 32.5 Å². The van der Waals surface area contributed by atoms with Gasteiger partial charge < -0.3 is 10.2 Å². The Hall–Kier alpha value is -1.04. The topological polar surface area (TPSA) is 70.8 Å². The van der Waals surface area contributed by atoms with E-state index in [2.05, 4.69) is 9.98 Å². The number of aliphatic imine (C=N–C) groups is 2. The Labute approximate surface area is 220 Å². The molecule has 0 aliphatic carbocycles. The minimum Gasteiger partial charge on any atom is -0.871 e. The smallest absolute Gasteiger partial charge is 0.871 e. The van der Waals surface area contributed by atoms with Gasteiger partial charge in [0.2, 0.25) is 0 Å². The normalized spacial score (nSPS) is 11.3. The zero-order chi connectivity index (χ0) is 22.0. The van der Waals surface area contributed by atoms with E-state index in [1.807, 2.05) is 0 Å². The first kappa shape index (κ1) is 26.2. The molecule has 0 amide bonds. The van der Waals surface area contributed by atoms with E-state index < -0.39 is 11.5 Å². The molecule has 0 fully saturated rings. The second kappa shape index (κ2) is 11.2. The van der Waals surface area contributed by atoms with Crippen molar-refractivity contribution >= 4 is 93.4 Å². The van der Waals surface area contributed by atoms with Gasteiger partial charge in [-0.05, 0) is 47.5 Å². The zero-order valence-corrected chi connectivity index (χ0v) is 22.8. The van der Waals surface area contributed by atoms with Crippen LogP contribution in [0.1, 0.15) is 11.1 Å². The van der Waals surface area contributed by atoms with E-state index in [4.69, 9.17) is 69.6 Å². The average molecular weight is 586 g/mol. The molecule has 3 rings (SSSR count). The standard InChI is InChI=1S/C20H10Cl6N2O2.Zn/c21-11-1-9(19(29)15(25)3-11)7-27-17-5-13(23)14(24)6-18(17)28-8-10-2-12(22)4-16(26)20(10)30;/h1-8,29-30H;/q;+2/p-2. The summed E-state index contributed by atoms with van der Waals surface area (Å²) in [6.45, 7) is 0. The average Bonchev–Trinajstić information content (AvgIpc) is 2.67. The number of nitrogens with zero attached hydrogens (tertiary/aromatic N) is 2. The third-order valence-electron chi connectivity index (χ3n) is 3.78. The number of benzene rings is 3. The largest absolute Gasteiger partial charge is 2.00 e. The molecule has 0 saturated heterocycles. The van der Waals surface area contributed by atoms with Gasteiger partial charge in [-0.3, -0.25) is 9.98 Å². The Morgan fingerprint density at radius 3 is 1.26 bits per heavy atom. The van der Waals surface area contributed by atoms with Crippen LogP contribution < -0.4 is 10.2 Å². The summed E-state index contributed by atoms with van der Waals surface area (Å²) in [7, 11) is 0. The van der Waals surface area contributed by atoms with Crippen LogP contribution in [0, 0.1) is 0 Å². The van der Waals surface area contributed by atoms with Gasteiger partial charge in [-0.25, -0.2) is 0 Å². The Morgan fingerprint density at radius 2 is 0.903 bits per heavy atom. The van der Waals surface area contributed by atoms with Crippen LogP contribution in [0.3, 0.4) is 0 Å². The van der Waals surface area contributed by atoms with Gasteiger partial charge in [-0.15, -0.1) is 0 Å². The van der Waals surface area contributed by atoms with Crippen molar-refractivity contribution in [2.45, 2.75) is 0 Å². The minimum absolute atomic E-state index is 0.